The molecule has 10 heteroatoms. The zero-order valence-corrected chi connectivity index (χ0v) is 17.2. The molecule has 29 heavy (non-hydrogen) atoms. The third kappa shape index (κ3) is 3.77. The van der Waals surface area contributed by atoms with Gasteiger partial charge in [0.2, 0.25) is 0 Å². The minimum absolute atomic E-state index is 0.0182. The summed E-state index contributed by atoms with van der Waals surface area (Å²) in [5, 5.41) is 9.08. The Hall–Kier alpha value is -2.00. The van der Waals surface area contributed by atoms with Crippen LogP contribution in [0.25, 0.3) is 0 Å². The first-order valence-electron chi connectivity index (χ1n) is 8.84. The van der Waals surface area contributed by atoms with E-state index in [4.69, 9.17) is 36.9 Å². The van der Waals surface area contributed by atoms with E-state index in [2.05, 4.69) is 0 Å². The highest BCUT2D eigenvalue weighted by atomic mass is 35.5. The molecule has 154 valence electrons. The second-order valence-electron chi connectivity index (χ2n) is 6.76. The highest BCUT2D eigenvalue weighted by Gasteiger charge is 2.40. The van der Waals surface area contributed by atoms with Crippen molar-refractivity contribution in [3.63, 3.8) is 0 Å². The highest BCUT2D eigenvalue weighted by molar-refractivity contribution is 7.87. The first kappa shape index (κ1) is 20.3. The van der Waals surface area contributed by atoms with Crippen molar-refractivity contribution in [2.24, 2.45) is 0 Å². The van der Waals surface area contributed by atoms with Crippen molar-refractivity contribution in [1.29, 1.82) is 0 Å². The van der Waals surface area contributed by atoms with Gasteiger partial charge in [-0.05, 0) is 37.5 Å². The lowest BCUT2D eigenvalue weighted by atomic mass is 9.97. The van der Waals surface area contributed by atoms with E-state index in [-0.39, 0.29) is 27.8 Å². The summed E-state index contributed by atoms with van der Waals surface area (Å²) in [4.78, 5) is 11.1. The SMILES string of the molecule is O=C(O)C(Oc1cccc2c1OC1CCCC21)OS(=O)(=O)c1c(Cl)cccc1Cl. The van der Waals surface area contributed by atoms with Crippen LogP contribution in [-0.4, -0.2) is 31.9 Å². The van der Waals surface area contributed by atoms with Gasteiger partial charge < -0.3 is 14.6 Å². The quantitative estimate of drug-likeness (QED) is 0.510. The molecule has 0 radical (unpaired) electrons. The van der Waals surface area contributed by atoms with Crippen LogP contribution in [0.2, 0.25) is 10.0 Å². The molecule has 1 aliphatic heterocycles. The Bertz CT molecular complexity index is 1050. The summed E-state index contributed by atoms with van der Waals surface area (Å²) in [5.41, 5.74) is 0.922. The van der Waals surface area contributed by atoms with Crippen LogP contribution in [0.4, 0.5) is 0 Å². The zero-order chi connectivity index (χ0) is 20.8. The Morgan fingerprint density at radius 1 is 1.14 bits per heavy atom. The molecular weight excluding hydrogens is 443 g/mol. The Balaban J connectivity index is 1.62. The Labute approximate surface area is 177 Å². The molecule has 1 N–H and O–H groups in total. The van der Waals surface area contributed by atoms with Gasteiger partial charge in [0, 0.05) is 11.5 Å². The maximum atomic E-state index is 12.6. The second kappa shape index (κ2) is 7.68. The van der Waals surface area contributed by atoms with E-state index in [0.29, 0.717) is 5.75 Å². The molecule has 0 bridgehead atoms. The topological polar surface area (TPSA) is 99.1 Å². The third-order valence-corrected chi connectivity index (χ3v) is 7.17. The molecule has 1 saturated carbocycles. The van der Waals surface area contributed by atoms with Crippen LogP contribution in [0.5, 0.6) is 11.5 Å². The maximum Gasteiger partial charge on any atom is 0.375 e. The zero-order valence-electron chi connectivity index (χ0n) is 14.9. The van der Waals surface area contributed by atoms with Gasteiger partial charge in [-0.25, -0.2) is 8.98 Å². The molecule has 0 saturated heterocycles. The van der Waals surface area contributed by atoms with Crippen LogP contribution in [0.15, 0.2) is 41.3 Å². The molecule has 2 aromatic rings. The van der Waals surface area contributed by atoms with Crippen LogP contribution in [0, 0.1) is 0 Å². The molecule has 3 atom stereocenters. The smallest absolute Gasteiger partial charge is 0.375 e. The van der Waals surface area contributed by atoms with Crippen molar-refractivity contribution < 1.29 is 32.0 Å². The molecule has 1 heterocycles. The minimum Gasteiger partial charge on any atom is -0.486 e. The van der Waals surface area contributed by atoms with Gasteiger partial charge in [0.05, 0.1) is 10.0 Å². The Morgan fingerprint density at radius 3 is 2.52 bits per heavy atom. The van der Waals surface area contributed by atoms with Crippen molar-refractivity contribution >= 4 is 39.3 Å². The number of halogens is 2. The molecule has 4 rings (SSSR count). The number of fused-ring (bicyclic) bond motifs is 3. The lowest BCUT2D eigenvalue weighted by molar-refractivity contribution is -0.158. The van der Waals surface area contributed by atoms with Gasteiger partial charge in [0.1, 0.15) is 11.0 Å². The molecule has 0 aromatic heterocycles. The van der Waals surface area contributed by atoms with Crippen molar-refractivity contribution in [3.8, 4) is 11.5 Å². The van der Waals surface area contributed by atoms with Gasteiger partial charge in [0.25, 0.3) is 0 Å². The van der Waals surface area contributed by atoms with Crippen LogP contribution >= 0.6 is 23.2 Å². The standard InChI is InChI=1S/C19H16Cl2O7S/c20-12-6-3-7-13(21)17(12)29(24,25)28-19(18(22)23)27-15-9-2-5-11-10-4-1-8-14(10)26-16(11)15/h2-3,5-7,9-10,14,19H,1,4,8H2,(H,22,23). The Kier molecular flexibility index (Phi) is 5.37. The number of carboxylic acid groups (broad SMARTS) is 1. The number of hydrogen-bond donors (Lipinski definition) is 1. The molecule has 1 aliphatic carbocycles. The Morgan fingerprint density at radius 2 is 1.83 bits per heavy atom. The lowest BCUT2D eigenvalue weighted by Crippen LogP contribution is -2.33. The molecule has 2 aromatic carbocycles. The molecule has 0 amide bonds. The van der Waals surface area contributed by atoms with Crippen LogP contribution in [0.1, 0.15) is 30.7 Å². The molecule has 1 fully saturated rings. The first-order chi connectivity index (χ1) is 13.8. The normalized spacial score (nSPS) is 21.2. The summed E-state index contributed by atoms with van der Waals surface area (Å²) in [5.74, 6) is -0.883. The number of hydrogen-bond acceptors (Lipinski definition) is 6. The fourth-order valence-corrected chi connectivity index (χ4v) is 5.76. The monoisotopic (exact) mass is 458 g/mol. The van der Waals surface area contributed by atoms with E-state index in [0.717, 1.165) is 24.8 Å². The molecule has 0 spiro atoms. The summed E-state index contributed by atoms with van der Waals surface area (Å²) in [7, 11) is -4.63. The van der Waals surface area contributed by atoms with Crippen molar-refractivity contribution in [2.45, 2.75) is 42.5 Å². The fourth-order valence-electron chi connectivity index (χ4n) is 3.73. The number of carboxylic acids is 1. The predicted molar refractivity (Wildman–Crippen MR) is 104 cm³/mol. The van der Waals surface area contributed by atoms with E-state index in [9.17, 15) is 18.3 Å². The van der Waals surface area contributed by atoms with E-state index >= 15 is 0 Å². The summed E-state index contributed by atoms with van der Waals surface area (Å²) in [6.07, 6.45) is 0.793. The molecule has 7 nitrogen and oxygen atoms in total. The summed E-state index contributed by atoms with van der Waals surface area (Å²) in [6.45, 7) is 0. The minimum atomic E-state index is -4.63. The number of carbonyl (C=O) groups is 1. The number of rotatable bonds is 6. The van der Waals surface area contributed by atoms with E-state index in [1.807, 2.05) is 6.07 Å². The number of benzene rings is 2. The number of ether oxygens (including phenoxy) is 2. The molecular formula is C19H16Cl2O7S. The van der Waals surface area contributed by atoms with Gasteiger partial charge in [0.15, 0.2) is 11.5 Å². The summed E-state index contributed by atoms with van der Waals surface area (Å²) >= 11 is 11.8. The summed E-state index contributed by atoms with van der Waals surface area (Å²) in [6, 6.07) is 9.17. The first-order valence-corrected chi connectivity index (χ1v) is 11.0. The highest BCUT2D eigenvalue weighted by Crippen LogP contribution is 2.50. The fraction of sp³-hybridized carbons (Fsp3) is 0.316. The number of para-hydroxylation sites is 1. The summed E-state index contributed by atoms with van der Waals surface area (Å²) < 4.78 is 41.4. The largest absolute Gasteiger partial charge is 0.486 e. The average Bonchev–Trinajstić information content (AvgIpc) is 3.22. The lowest BCUT2D eigenvalue weighted by Gasteiger charge is -2.18. The second-order valence-corrected chi connectivity index (χ2v) is 9.08. The van der Waals surface area contributed by atoms with Crippen LogP contribution in [0.3, 0.4) is 0 Å². The van der Waals surface area contributed by atoms with Gasteiger partial charge >= 0.3 is 22.4 Å². The third-order valence-electron chi connectivity index (χ3n) is 4.95. The average molecular weight is 459 g/mol. The van der Waals surface area contributed by atoms with Gasteiger partial charge in [-0.1, -0.05) is 41.4 Å². The predicted octanol–water partition coefficient (Wildman–Crippen LogP) is 4.22. The van der Waals surface area contributed by atoms with E-state index < -0.39 is 27.3 Å². The van der Waals surface area contributed by atoms with E-state index in [1.165, 1.54) is 24.3 Å². The number of aliphatic carboxylic acids is 1. The molecule has 2 aliphatic rings. The molecule has 3 unspecified atom stereocenters. The van der Waals surface area contributed by atoms with Gasteiger partial charge in [-0.15, -0.1) is 0 Å². The van der Waals surface area contributed by atoms with Crippen LogP contribution in [-0.2, 0) is 19.1 Å². The van der Waals surface area contributed by atoms with Crippen molar-refractivity contribution in [2.75, 3.05) is 0 Å². The van der Waals surface area contributed by atoms with Crippen molar-refractivity contribution in [1.82, 2.24) is 0 Å². The van der Waals surface area contributed by atoms with E-state index in [1.54, 1.807) is 6.07 Å². The van der Waals surface area contributed by atoms with Gasteiger partial charge in [-0.3, -0.25) is 0 Å². The van der Waals surface area contributed by atoms with Crippen molar-refractivity contribution in [3.05, 3.63) is 52.0 Å². The maximum absolute atomic E-state index is 12.6. The van der Waals surface area contributed by atoms with Crippen LogP contribution < -0.4 is 9.47 Å². The van der Waals surface area contributed by atoms with Gasteiger partial charge in [-0.2, -0.15) is 8.42 Å².